The Balaban J connectivity index is 2.03. The molecule has 2 aromatic carbocycles. The van der Waals surface area contributed by atoms with E-state index in [1.807, 2.05) is 0 Å². The molecule has 2 amide bonds. The van der Waals surface area contributed by atoms with Gasteiger partial charge < -0.3 is 20.1 Å². The van der Waals surface area contributed by atoms with Gasteiger partial charge in [0.15, 0.2) is 11.5 Å². The summed E-state index contributed by atoms with van der Waals surface area (Å²) in [6, 6.07) is 10.2. The number of nitrogens with two attached hydrogens (primary N) is 1. The number of ether oxygens (including phenoxy) is 2. The highest BCUT2D eigenvalue weighted by atomic mass is 32.2. The van der Waals surface area contributed by atoms with Crippen molar-refractivity contribution in [2.75, 3.05) is 19.5 Å². The number of anilines is 1. The van der Waals surface area contributed by atoms with Crippen LogP contribution in [0.25, 0.3) is 0 Å². The summed E-state index contributed by atoms with van der Waals surface area (Å²) in [5.41, 5.74) is 1.27. The highest BCUT2D eigenvalue weighted by Crippen LogP contribution is 2.29. The van der Waals surface area contributed by atoms with E-state index in [0.717, 1.165) is 5.56 Å². The molecular weight excluding hydrogens is 358 g/mol. The Morgan fingerprint density at radius 2 is 1.65 bits per heavy atom. The van der Waals surface area contributed by atoms with Gasteiger partial charge in [-0.2, -0.15) is 0 Å². The van der Waals surface area contributed by atoms with Crippen LogP contribution in [0.1, 0.15) is 18.5 Å². The lowest BCUT2D eigenvalue weighted by Crippen LogP contribution is -2.31. The van der Waals surface area contributed by atoms with E-state index in [-0.39, 0.29) is 10.9 Å². The molecule has 2 aromatic rings. The standard InChI is InChI=1S/C17H21N3O5S/c1-11(12-4-7-14(8-5-12)26(18,22)23)19-17(21)20-13-6-9-15(24-2)16(10-13)25-3/h4-11H,1-3H3,(H2,18,22,23)(H2,19,20,21). The van der Waals surface area contributed by atoms with E-state index < -0.39 is 16.1 Å². The second-order valence-electron chi connectivity index (χ2n) is 5.50. The fourth-order valence-corrected chi connectivity index (χ4v) is 2.82. The Hall–Kier alpha value is -2.78. The van der Waals surface area contributed by atoms with Crippen LogP contribution in [0.4, 0.5) is 10.5 Å². The molecule has 0 heterocycles. The molecule has 0 bridgehead atoms. The normalized spacial score (nSPS) is 12.2. The number of primary sulfonamides is 1. The molecule has 1 atom stereocenters. The minimum atomic E-state index is -3.74. The van der Waals surface area contributed by atoms with Gasteiger partial charge >= 0.3 is 6.03 Å². The number of urea groups is 1. The minimum Gasteiger partial charge on any atom is -0.493 e. The highest BCUT2D eigenvalue weighted by molar-refractivity contribution is 7.89. The van der Waals surface area contributed by atoms with Crippen LogP contribution in [0.15, 0.2) is 47.4 Å². The summed E-state index contributed by atoms with van der Waals surface area (Å²) in [5, 5.41) is 10.5. The minimum absolute atomic E-state index is 0.0169. The number of sulfonamides is 1. The number of benzene rings is 2. The quantitative estimate of drug-likeness (QED) is 0.711. The van der Waals surface area contributed by atoms with E-state index in [2.05, 4.69) is 10.6 Å². The highest BCUT2D eigenvalue weighted by Gasteiger charge is 2.13. The van der Waals surface area contributed by atoms with Crippen molar-refractivity contribution >= 4 is 21.7 Å². The number of methoxy groups -OCH3 is 2. The Kier molecular flexibility index (Phi) is 6.06. The van der Waals surface area contributed by atoms with Gasteiger partial charge in [0.2, 0.25) is 10.0 Å². The lowest BCUT2D eigenvalue weighted by molar-refractivity contribution is 0.249. The van der Waals surface area contributed by atoms with Gasteiger partial charge in [0, 0.05) is 11.8 Å². The number of rotatable bonds is 6. The predicted octanol–water partition coefficient (Wildman–Crippen LogP) is 2.23. The van der Waals surface area contributed by atoms with Crippen molar-refractivity contribution in [3.63, 3.8) is 0 Å². The van der Waals surface area contributed by atoms with E-state index in [4.69, 9.17) is 14.6 Å². The summed E-state index contributed by atoms with van der Waals surface area (Å²) in [4.78, 5) is 12.2. The predicted molar refractivity (Wildman–Crippen MR) is 97.9 cm³/mol. The van der Waals surface area contributed by atoms with Crippen LogP contribution in [0.3, 0.4) is 0 Å². The van der Waals surface area contributed by atoms with Crippen LogP contribution in [0.5, 0.6) is 11.5 Å². The second-order valence-corrected chi connectivity index (χ2v) is 7.07. The molecule has 2 rings (SSSR count). The number of hydrogen-bond donors (Lipinski definition) is 3. The molecule has 1 unspecified atom stereocenters. The van der Waals surface area contributed by atoms with E-state index in [0.29, 0.717) is 17.2 Å². The third-order valence-corrected chi connectivity index (χ3v) is 4.63. The fraction of sp³-hybridized carbons (Fsp3) is 0.235. The number of nitrogens with one attached hydrogen (secondary N) is 2. The van der Waals surface area contributed by atoms with Gasteiger partial charge in [0.05, 0.1) is 25.2 Å². The molecule has 0 aromatic heterocycles. The van der Waals surface area contributed by atoms with Crippen LogP contribution in [0, 0.1) is 0 Å². The van der Waals surface area contributed by atoms with Crippen molar-refractivity contribution in [3.8, 4) is 11.5 Å². The molecule has 0 aliphatic carbocycles. The molecule has 0 spiro atoms. The van der Waals surface area contributed by atoms with Gasteiger partial charge in [-0.15, -0.1) is 0 Å². The number of carbonyl (C=O) groups excluding carboxylic acids is 1. The first-order valence-corrected chi connectivity index (χ1v) is 9.21. The molecule has 0 saturated heterocycles. The fourth-order valence-electron chi connectivity index (χ4n) is 2.31. The van der Waals surface area contributed by atoms with Gasteiger partial charge in [-0.25, -0.2) is 18.4 Å². The molecule has 8 nitrogen and oxygen atoms in total. The summed E-state index contributed by atoms with van der Waals surface area (Å²) in [5.74, 6) is 1.05. The number of hydrogen-bond acceptors (Lipinski definition) is 5. The Labute approximate surface area is 152 Å². The Bertz CT molecular complexity index is 882. The number of amides is 2. The second kappa shape index (κ2) is 8.07. The zero-order valence-electron chi connectivity index (χ0n) is 14.6. The molecule has 9 heteroatoms. The van der Waals surface area contributed by atoms with Crippen molar-refractivity contribution in [3.05, 3.63) is 48.0 Å². The maximum Gasteiger partial charge on any atom is 0.319 e. The molecule has 0 fully saturated rings. The smallest absolute Gasteiger partial charge is 0.319 e. The first kappa shape index (κ1) is 19.5. The van der Waals surface area contributed by atoms with E-state index in [1.54, 1.807) is 37.3 Å². The average molecular weight is 379 g/mol. The lowest BCUT2D eigenvalue weighted by Gasteiger charge is -2.16. The van der Waals surface area contributed by atoms with Crippen molar-refractivity contribution in [2.45, 2.75) is 17.9 Å². The van der Waals surface area contributed by atoms with Gasteiger partial charge in [-0.3, -0.25) is 0 Å². The van der Waals surface area contributed by atoms with E-state index in [1.165, 1.54) is 26.4 Å². The maximum atomic E-state index is 12.2. The SMILES string of the molecule is COc1ccc(NC(=O)NC(C)c2ccc(S(N)(=O)=O)cc2)cc1OC. The van der Waals surface area contributed by atoms with Crippen LogP contribution in [-0.4, -0.2) is 28.7 Å². The molecule has 0 saturated carbocycles. The van der Waals surface area contributed by atoms with E-state index >= 15 is 0 Å². The first-order valence-electron chi connectivity index (χ1n) is 7.67. The van der Waals surface area contributed by atoms with Crippen LogP contribution in [-0.2, 0) is 10.0 Å². The van der Waals surface area contributed by atoms with Crippen molar-refractivity contribution in [1.29, 1.82) is 0 Å². The topological polar surface area (TPSA) is 120 Å². The summed E-state index contributed by atoms with van der Waals surface area (Å²) in [7, 11) is -0.706. The van der Waals surface area contributed by atoms with Crippen LogP contribution >= 0.6 is 0 Å². The molecule has 140 valence electrons. The van der Waals surface area contributed by atoms with E-state index in [9.17, 15) is 13.2 Å². The largest absolute Gasteiger partial charge is 0.493 e. The zero-order valence-corrected chi connectivity index (χ0v) is 15.5. The van der Waals surface area contributed by atoms with Gasteiger partial charge in [0.1, 0.15) is 0 Å². The molecule has 0 aliphatic rings. The molecule has 0 aliphatic heterocycles. The monoisotopic (exact) mass is 379 g/mol. The summed E-state index contributed by atoms with van der Waals surface area (Å²) >= 11 is 0. The molecule has 26 heavy (non-hydrogen) atoms. The third-order valence-electron chi connectivity index (χ3n) is 3.70. The van der Waals surface area contributed by atoms with Crippen LogP contribution in [0.2, 0.25) is 0 Å². The van der Waals surface area contributed by atoms with Crippen LogP contribution < -0.4 is 25.2 Å². The van der Waals surface area contributed by atoms with Gasteiger partial charge in [0.25, 0.3) is 0 Å². The summed E-state index contributed by atoms with van der Waals surface area (Å²) in [6.45, 7) is 1.78. The molecule has 4 N–H and O–H groups in total. The zero-order chi connectivity index (χ0) is 19.3. The molecule has 0 radical (unpaired) electrons. The van der Waals surface area contributed by atoms with Crippen molar-refractivity contribution in [1.82, 2.24) is 5.32 Å². The molecular formula is C17H21N3O5S. The summed E-state index contributed by atoms with van der Waals surface area (Å²) in [6.07, 6.45) is 0. The Morgan fingerprint density at radius 3 is 2.19 bits per heavy atom. The van der Waals surface area contributed by atoms with Crippen molar-refractivity contribution in [2.24, 2.45) is 5.14 Å². The average Bonchev–Trinajstić information content (AvgIpc) is 2.60. The lowest BCUT2D eigenvalue weighted by atomic mass is 10.1. The number of carbonyl (C=O) groups is 1. The Morgan fingerprint density at radius 1 is 1.04 bits per heavy atom. The summed E-state index contributed by atoms with van der Waals surface area (Å²) < 4.78 is 32.9. The third kappa shape index (κ3) is 4.87. The maximum absolute atomic E-state index is 12.2. The first-order chi connectivity index (χ1) is 12.2. The van der Waals surface area contributed by atoms with Gasteiger partial charge in [-0.05, 0) is 36.8 Å². The van der Waals surface area contributed by atoms with Gasteiger partial charge in [-0.1, -0.05) is 12.1 Å². The van der Waals surface area contributed by atoms with Crippen molar-refractivity contribution < 1.29 is 22.7 Å².